The average molecular weight is 507 g/mol. The molecular weight excluding hydrogens is 484 g/mol. The van der Waals surface area contributed by atoms with Crippen LogP contribution in [0.15, 0.2) is 72.3 Å². The molecule has 36 heavy (non-hydrogen) atoms. The van der Waals surface area contributed by atoms with Gasteiger partial charge in [-0.1, -0.05) is 17.7 Å². The number of nitrogens with one attached hydrogen (secondary N) is 1. The van der Waals surface area contributed by atoms with Crippen molar-refractivity contribution < 1.29 is 29.0 Å². The number of methoxy groups -OCH3 is 2. The summed E-state index contributed by atoms with van der Waals surface area (Å²) in [5.74, 6) is -1.35. The van der Waals surface area contributed by atoms with Gasteiger partial charge in [0.15, 0.2) is 11.5 Å². The van der Waals surface area contributed by atoms with Gasteiger partial charge in [0.2, 0.25) is 5.91 Å². The fourth-order valence-corrected chi connectivity index (χ4v) is 4.24. The number of rotatable bonds is 6. The Balaban J connectivity index is 1.91. The van der Waals surface area contributed by atoms with Crippen molar-refractivity contribution in [2.75, 3.05) is 24.4 Å². The molecule has 9 heteroatoms. The van der Waals surface area contributed by atoms with Gasteiger partial charge in [0.05, 0.1) is 25.8 Å². The molecule has 0 aromatic heterocycles. The molecule has 1 heterocycles. The van der Waals surface area contributed by atoms with E-state index in [1.807, 2.05) is 0 Å². The molecule has 0 aliphatic carbocycles. The number of anilines is 2. The number of amides is 2. The highest BCUT2D eigenvalue weighted by atomic mass is 35.5. The third kappa shape index (κ3) is 4.63. The van der Waals surface area contributed by atoms with Crippen LogP contribution in [0, 0.1) is 0 Å². The molecule has 1 saturated heterocycles. The van der Waals surface area contributed by atoms with Crippen LogP contribution in [0.1, 0.15) is 24.1 Å². The Labute approximate surface area is 212 Å². The fourth-order valence-electron chi connectivity index (χ4n) is 4.11. The van der Waals surface area contributed by atoms with E-state index in [9.17, 15) is 19.5 Å². The Morgan fingerprint density at radius 3 is 2.17 bits per heavy atom. The minimum Gasteiger partial charge on any atom is -0.507 e. The molecule has 1 atom stereocenters. The molecular formula is C27H23ClN2O6. The number of carbonyl (C=O) groups is 3. The van der Waals surface area contributed by atoms with Gasteiger partial charge in [-0.25, -0.2) is 0 Å². The number of ketones is 1. The summed E-state index contributed by atoms with van der Waals surface area (Å²) in [5.41, 5.74) is 1.71. The van der Waals surface area contributed by atoms with Crippen LogP contribution in [-0.4, -0.2) is 36.9 Å². The standard InChI is InChI=1S/C27H23ClN2O6/c1-15(31)29-19-9-11-20(12-10-19)30-24(17-6-13-21(35-2)22(14-17)36-3)23(26(33)27(30)34)25(32)16-4-7-18(28)8-5-16/h4-14,24,32H,1-3H3,(H,29,31)/t24-/m1/s1. The van der Waals surface area contributed by atoms with E-state index in [1.165, 1.54) is 26.0 Å². The van der Waals surface area contributed by atoms with Gasteiger partial charge in [0.1, 0.15) is 5.76 Å². The van der Waals surface area contributed by atoms with Crippen LogP contribution in [0.25, 0.3) is 5.76 Å². The zero-order chi connectivity index (χ0) is 26.0. The monoisotopic (exact) mass is 506 g/mol. The first-order valence-corrected chi connectivity index (χ1v) is 11.3. The molecule has 3 aromatic rings. The van der Waals surface area contributed by atoms with Gasteiger partial charge in [-0.05, 0) is 66.2 Å². The van der Waals surface area contributed by atoms with Crippen molar-refractivity contribution in [3.63, 3.8) is 0 Å². The number of hydrogen-bond donors (Lipinski definition) is 2. The molecule has 8 nitrogen and oxygen atoms in total. The van der Waals surface area contributed by atoms with Crippen molar-refractivity contribution in [3.8, 4) is 11.5 Å². The molecule has 0 spiro atoms. The van der Waals surface area contributed by atoms with Crippen LogP contribution in [0.2, 0.25) is 5.02 Å². The highest BCUT2D eigenvalue weighted by molar-refractivity contribution is 6.51. The Kier molecular flexibility index (Phi) is 6.98. The summed E-state index contributed by atoms with van der Waals surface area (Å²) in [6, 6.07) is 16.8. The number of Topliss-reactive ketones (excluding diaryl/α,β-unsaturated/α-hetero) is 1. The number of hydrogen-bond acceptors (Lipinski definition) is 6. The van der Waals surface area contributed by atoms with Crippen molar-refractivity contribution >= 4 is 46.3 Å². The minimum absolute atomic E-state index is 0.0829. The van der Waals surface area contributed by atoms with E-state index in [-0.39, 0.29) is 17.2 Å². The summed E-state index contributed by atoms with van der Waals surface area (Å²) in [4.78, 5) is 39.3. The first kappa shape index (κ1) is 24.8. The molecule has 2 amide bonds. The molecule has 0 bridgehead atoms. The van der Waals surface area contributed by atoms with E-state index in [1.54, 1.807) is 66.7 Å². The molecule has 1 fully saturated rings. The van der Waals surface area contributed by atoms with E-state index in [0.29, 0.717) is 39.0 Å². The smallest absolute Gasteiger partial charge is 0.300 e. The van der Waals surface area contributed by atoms with E-state index >= 15 is 0 Å². The largest absolute Gasteiger partial charge is 0.507 e. The lowest BCUT2D eigenvalue weighted by molar-refractivity contribution is -0.132. The number of aliphatic hydroxyl groups excluding tert-OH is 1. The second-order valence-corrected chi connectivity index (χ2v) is 8.45. The van der Waals surface area contributed by atoms with Gasteiger partial charge >= 0.3 is 0 Å². The summed E-state index contributed by atoms with van der Waals surface area (Å²) < 4.78 is 10.8. The maximum Gasteiger partial charge on any atom is 0.300 e. The van der Waals surface area contributed by atoms with Gasteiger partial charge in [-0.15, -0.1) is 0 Å². The number of ether oxygens (including phenoxy) is 2. The Morgan fingerprint density at radius 1 is 0.944 bits per heavy atom. The second kappa shape index (κ2) is 10.1. The number of nitrogens with zero attached hydrogens (tertiary/aromatic N) is 1. The second-order valence-electron chi connectivity index (χ2n) is 8.02. The fraction of sp³-hybridized carbons (Fsp3) is 0.148. The Bertz CT molecular complexity index is 1370. The van der Waals surface area contributed by atoms with Crippen LogP contribution in [0.5, 0.6) is 11.5 Å². The minimum atomic E-state index is -0.966. The van der Waals surface area contributed by atoms with Crippen molar-refractivity contribution in [1.29, 1.82) is 0 Å². The van der Waals surface area contributed by atoms with Crippen molar-refractivity contribution in [3.05, 3.63) is 88.5 Å². The Morgan fingerprint density at radius 2 is 1.58 bits per heavy atom. The number of halogens is 1. The summed E-state index contributed by atoms with van der Waals surface area (Å²) in [5, 5.41) is 14.3. The SMILES string of the molecule is COc1ccc([C@@H]2C(=C(O)c3ccc(Cl)cc3)C(=O)C(=O)N2c2ccc(NC(C)=O)cc2)cc1OC. The molecule has 4 rings (SSSR count). The van der Waals surface area contributed by atoms with Crippen LogP contribution in [-0.2, 0) is 14.4 Å². The zero-order valence-electron chi connectivity index (χ0n) is 19.7. The molecule has 0 radical (unpaired) electrons. The summed E-state index contributed by atoms with van der Waals surface area (Å²) in [6.07, 6.45) is 0. The molecule has 0 saturated carbocycles. The third-order valence-corrected chi connectivity index (χ3v) is 6.00. The van der Waals surface area contributed by atoms with Crippen LogP contribution in [0.3, 0.4) is 0 Å². The van der Waals surface area contributed by atoms with Crippen molar-refractivity contribution in [1.82, 2.24) is 0 Å². The highest BCUT2D eigenvalue weighted by Gasteiger charge is 2.47. The first-order valence-electron chi connectivity index (χ1n) is 10.9. The van der Waals surface area contributed by atoms with Crippen molar-refractivity contribution in [2.45, 2.75) is 13.0 Å². The van der Waals surface area contributed by atoms with Crippen LogP contribution in [0.4, 0.5) is 11.4 Å². The lowest BCUT2D eigenvalue weighted by atomic mass is 9.94. The number of carbonyl (C=O) groups excluding carboxylic acids is 3. The van der Waals surface area contributed by atoms with Crippen LogP contribution >= 0.6 is 11.6 Å². The predicted octanol–water partition coefficient (Wildman–Crippen LogP) is 4.94. The van der Waals surface area contributed by atoms with E-state index < -0.39 is 17.7 Å². The molecule has 1 aliphatic heterocycles. The predicted molar refractivity (Wildman–Crippen MR) is 137 cm³/mol. The van der Waals surface area contributed by atoms with E-state index in [2.05, 4.69) is 5.32 Å². The highest BCUT2D eigenvalue weighted by Crippen LogP contribution is 2.44. The van der Waals surface area contributed by atoms with Crippen molar-refractivity contribution in [2.24, 2.45) is 0 Å². The number of benzene rings is 3. The van der Waals surface area contributed by atoms with Gasteiger partial charge in [0, 0.05) is 28.9 Å². The maximum absolute atomic E-state index is 13.3. The molecule has 2 N–H and O–H groups in total. The third-order valence-electron chi connectivity index (χ3n) is 5.75. The topological polar surface area (TPSA) is 105 Å². The van der Waals surface area contributed by atoms with Gasteiger partial charge < -0.3 is 19.9 Å². The van der Waals surface area contributed by atoms with E-state index in [0.717, 1.165) is 0 Å². The summed E-state index contributed by atoms with van der Waals surface area (Å²) in [7, 11) is 2.98. The van der Waals surface area contributed by atoms with Gasteiger partial charge in [-0.3, -0.25) is 19.3 Å². The van der Waals surface area contributed by atoms with E-state index in [4.69, 9.17) is 21.1 Å². The van der Waals surface area contributed by atoms with Gasteiger partial charge in [0.25, 0.3) is 11.7 Å². The molecule has 1 aliphatic rings. The maximum atomic E-state index is 13.3. The molecule has 184 valence electrons. The summed E-state index contributed by atoms with van der Waals surface area (Å²) in [6.45, 7) is 1.39. The van der Waals surface area contributed by atoms with Gasteiger partial charge in [-0.2, -0.15) is 0 Å². The lowest BCUT2D eigenvalue weighted by Crippen LogP contribution is -2.29. The zero-order valence-corrected chi connectivity index (χ0v) is 20.5. The quantitative estimate of drug-likeness (QED) is 0.279. The molecule has 0 unspecified atom stereocenters. The summed E-state index contributed by atoms with van der Waals surface area (Å²) >= 11 is 5.98. The normalized spacial score (nSPS) is 16.7. The Hall–Kier alpha value is -4.30. The number of aliphatic hydroxyl groups is 1. The molecule has 3 aromatic carbocycles. The first-order chi connectivity index (χ1) is 17.2. The van der Waals surface area contributed by atoms with Crippen LogP contribution < -0.4 is 19.7 Å². The average Bonchev–Trinajstić information content (AvgIpc) is 3.14. The lowest BCUT2D eigenvalue weighted by Gasteiger charge is -2.26.